The minimum atomic E-state index is -0.349. The molecule has 0 aliphatic heterocycles. The van der Waals surface area contributed by atoms with Gasteiger partial charge in [0.25, 0.3) is 5.91 Å². The second-order valence-corrected chi connectivity index (χ2v) is 3.63. The van der Waals surface area contributed by atoms with Gasteiger partial charge in [-0.15, -0.1) is 0 Å². The van der Waals surface area contributed by atoms with Crippen LogP contribution >= 0.6 is 0 Å². The van der Waals surface area contributed by atoms with Crippen molar-refractivity contribution >= 4 is 11.8 Å². The summed E-state index contributed by atoms with van der Waals surface area (Å²) in [6, 6.07) is 2.89. The molecule has 0 aromatic carbocycles. The van der Waals surface area contributed by atoms with Crippen molar-refractivity contribution in [2.45, 2.75) is 19.4 Å². The number of aliphatic hydroxyl groups is 1. The van der Waals surface area contributed by atoms with Gasteiger partial charge in [0.1, 0.15) is 0 Å². The first-order valence-electron chi connectivity index (χ1n) is 5.35. The summed E-state index contributed by atoms with van der Waals surface area (Å²) in [5.41, 5.74) is 0. The van der Waals surface area contributed by atoms with Crippen molar-refractivity contribution in [3.63, 3.8) is 0 Å². The third-order valence-corrected chi connectivity index (χ3v) is 2.06. The summed E-state index contributed by atoms with van der Waals surface area (Å²) < 4.78 is 4.89. The Bertz CT molecular complexity index is 362. The lowest BCUT2D eigenvalue weighted by molar-refractivity contribution is -0.121. The Morgan fingerprint density at radius 3 is 2.88 bits per heavy atom. The van der Waals surface area contributed by atoms with Gasteiger partial charge in [0.05, 0.1) is 12.9 Å². The molecule has 2 amide bonds. The molecule has 0 unspecified atom stereocenters. The molecule has 0 aliphatic rings. The Labute approximate surface area is 99.0 Å². The van der Waals surface area contributed by atoms with Crippen LogP contribution in [-0.2, 0) is 4.79 Å². The molecular weight excluding hydrogens is 224 g/mol. The molecule has 1 aromatic heterocycles. The summed E-state index contributed by atoms with van der Waals surface area (Å²) in [4.78, 5) is 22.7. The molecule has 6 heteroatoms. The van der Waals surface area contributed by atoms with Crippen LogP contribution in [0.15, 0.2) is 22.8 Å². The zero-order valence-corrected chi connectivity index (χ0v) is 9.60. The lowest BCUT2D eigenvalue weighted by Crippen LogP contribution is -2.37. The van der Waals surface area contributed by atoms with E-state index in [1.165, 1.54) is 6.26 Å². The summed E-state index contributed by atoms with van der Waals surface area (Å²) >= 11 is 0. The molecule has 1 rings (SSSR count). The van der Waals surface area contributed by atoms with E-state index in [9.17, 15) is 9.59 Å². The van der Waals surface area contributed by atoms with Crippen LogP contribution in [0.3, 0.4) is 0 Å². The largest absolute Gasteiger partial charge is 0.459 e. The Hall–Kier alpha value is -1.82. The standard InChI is InChI=1S/C11H16N2O4/c1-8(7-14)13-10(15)4-5-12-11(16)9-3-2-6-17-9/h2-3,6,8,14H,4-5,7H2,1H3,(H,12,16)(H,13,15)/t8-/m0/s1. The highest BCUT2D eigenvalue weighted by Gasteiger charge is 2.09. The van der Waals surface area contributed by atoms with Crippen molar-refractivity contribution in [1.82, 2.24) is 10.6 Å². The van der Waals surface area contributed by atoms with Crippen LogP contribution in [0.2, 0.25) is 0 Å². The van der Waals surface area contributed by atoms with E-state index in [0.29, 0.717) is 0 Å². The molecule has 0 fully saturated rings. The van der Waals surface area contributed by atoms with E-state index in [2.05, 4.69) is 10.6 Å². The SMILES string of the molecule is C[C@@H](CO)NC(=O)CCNC(=O)c1ccco1. The van der Waals surface area contributed by atoms with E-state index in [1.807, 2.05) is 0 Å². The normalized spacial score (nSPS) is 11.9. The van der Waals surface area contributed by atoms with Crippen molar-refractivity contribution in [3.05, 3.63) is 24.2 Å². The van der Waals surface area contributed by atoms with E-state index >= 15 is 0 Å². The summed E-state index contributed by atoms with van der Waals surface area (Å²) in [7, 11) is 0. The number of rotatable bonds is 6. The molecule has 0 saturated carbocycles. The predicted octanol–water partition coefficient (Wildman–Crippen LogP) is -0.103. The molecule has 3 N–H and O–H groups in total. The minimum absolute atomic E-state index is 0.107. The van der Waals surface area contributed by atoms with Crippen LogP contribution in [0.4, 0.5) is 0 Å². The molecule has 0 radical (unpaired) electrons. The first kappa shape index (κ1) is 13.2. The molecule has 0 bridgehead atoms. The van der Waals surface area contributed by atoms with Crippen molar-refractivity contribution in [3.8, 4) is 0 Å². The number of amides is 2. The Balaban J connectivity index is 2.20. The maximum Gasteiger partial charge on any atom is 0.286 e. The minimum Gasteiger partial charge on any atom is -0.459 e. The number of hydrogen-bond acceptors (Lipinski definition) is 4. The van der Waals surface area contributed by atoms with E-state index in [1.54, 1.807) is 19.1 Å². The average Bonchev–Trinajstić information content (AvgIpc) is 2.82. The van der Waals surface area contributed by atoms with Gasteiger partial charge in [0.15, 0.2) is 5.76 Å². The van der Waals surface area contributed by atoms with Crippen molar-refractivity contribution in [1.29, 1.82) is 0 Å². The van der Waals surface area contributed by atoms with Crippen molar-refractivity contribution in [2.24, 2.45) is 0 Å². The quantitative estimate of drug-likeness (QED) is 0.647. The van der Waals surface area contributed by atoms with Crippen LogP contribution in [0.5, 0.6) is 0 Å². The van der Waals surface area contributed by atoms with Gasteiger partial charge < -0.3 is 20.2 Å². The van der Waals surface area contributed by atoms with E-state index in [0.717, 1.165) is 0 Å². The van der Waals surface area contributed by atoms with Gasteiger partial charge >= 0.3 is 0 Å². The smallest absolute Gasteiger partial charge is 0.286 e. The maximum absolute atomic E-state index is 11.4. The number of carbonyl (C=O) groups is 2. The highest BCUT2D eigenvalue weighted by molar-refractivity contribution is 5.91. The third-order valence-electron chi connectivity index (χ3n) is 2.06. The summed E-state index contributed by atoms with van der Waals surface area (Å²) in [6.45, 7) is 1.81. The van der Waals surface area contributed by atoms with Gasteiger partial charge in [0, 0.05) is 19.0 Å². The third kappa shape index (κ3) is 4.69. The maximum atomic E-state index is 11.4. The van der Waals surface area contributed by atoms with Gasteiger partial charge in [-0.1, -0.05) is 0 Å². The van der Waals surface area contributed by atoms with Crippen LogP contribution < -0.4 is 10.6 Å². The molecule has 1 heterocycles. The molecule has 0 spiro atoms. The second kappa shape index (κ2) is 6.70. The van der Waals surface area contributed by atoms with E-state index in [-0.39, 0.29) is 43.2 Å². The van der Waals surface area contributed by atoms with Gasteiger partial charge in [-0.25, -0.2) is 0 Å². The Kier molecular flexibility index (Phi) is 5.22. The van der Waals surface area contributed by atoms with Crippen LogP contribution in [0, 0.1) is 0 Å². The van der Waals surface area contributed by atoms with Crippen LogP contribution in [0.25, 0.3) is 0 Å². The highest BCUT2D eigenvalue weighted by Crippen LogP contribution is 1.98. The second-order valence-electron chi connectivity index (χ2n) is 3.63. The zero-order valence-electron chi connectivity index (χ0n) is 9.60. The molecular formula is C11H16N2O4. The predicted molar refractivity (Wildman–Crippen MR) is 60.3 cm³/mol. The number of nitrogens with one attached hydrogen (secondary N) is 2. The fraction of sp³-hybridized carbons (Fsp3) is 0.455. The lowest BCUT2D eigenvalue weighted by Gasteiger charge is -2.10. The molecule has 1 atom stereocenters. The summed E-state index contributed by atoms with van der Waals surface area (Å²) in [5, 5.41) is 13.9. The number of furan rings is 1. The van der Waals surface area contributed by atoms with Crippen LogP contribution in [0.1, 0.15) is 23.9 Å². The van der Waals surface area contributed by atoms with E-state index < -0.39 is 0 Å². The molecule has 0 aliphatic carbocycles. The molecule has 94 valence electrons. The number of carbonyl (C=O) groups excluding carboxylic acids is 2. The Morgan fingerprint density at radius 1 is 1.53 bits per heavy atom. The van der Waals surface area contributed by atoms with Crippen molar-refractivity contribution in [2.75, 3.05) is 13.2 Å². The number of aliphatic hydroxyl groups excluding tert-OH is 1. The molecule has 6 nitrogen and oxygen atoms in total. The van der Waals surface area contributed by atoms with Gasteiger partial charge in [-0.05, 0) is 19.1 Å². The monoisotopic (exact) mass is 240 g/mol. The molecule has 17 heavy (non-hydrogen) atoms. The fourth-order valence-corrected chi connectivity index (χ4v) is 1.18. The van der Waals surface area contributed by atoms with Gasteiger partial charge in [-0.2, -0.15) is 0 Å². The highest BCUT2D eigenvalue weighted by atomic mass is 16.3. The fourth-order valence-electron chi connectivity index (χ4n) is 1.18. The summed E-state index contributed by atoms with van der Waals surface area (Å²) in [6.07, 6.45) is 1.57. The first-order chi connectivity index (χ1) is 8.13. The lowest BCUT2D eigenvalue weighted by atomic mass is 10.3. The first-order valence-corrected chi connectivity index (χ1v) is 5.35. The number of hydrogen-bond donors (Lipinski definition) is 3. The molecule has 1 aromatic rings. The Morgan fingerprint density at radius 2 is 2.29 bits per heavy atom. The molecule has 0 saturated heterocycles. The zero-order chi connectivity index (χ0) is 12.7. The van der Waals surface area contributed by atoms with Gasteiger partial charge in [0.2, 0.25) is 5.91 Å². The van der Waals surface area contributed by atoms with Crippen molar-refractivity contribution < 1.29 is 19.1 Å². The topological polar surface area (TPSA) is 91.6 Å². The summed E-state index contributed by atoms with van der Waals surface area (Å²) in [5.74, 6) is -0.349. The van der Waals surface area contributed by atoms with Gasteiger partial charge in [-0.3, -0.25) is 9.59 Å². The average molecular weight is 240 g/mol. The van der Waals surface area contributed by atoms with Crippen LogP contribution in [-0.4, -0.2) is 36.1 Å². The van der Waals surface area contributed by atoms with E-state index in [4.69, 9.17) is 9.52 Å².